The van der Waals surface area contributed by atoms with Gasteiger partial charge in [-0.3, -0.25) is 14.2 Å². The third-order valence-electron chi connectivity index (χ3n) is 5.82. The normalized spacial score (nSPS) is 24.6. The maximum Gasteiger partial charge on any atom is 0.237 e. The molecule has 1 saturated heterocycles. The topological polar surface area (TPSA) is 55.2 Å². The van der Waals surface area contributed by atoms with Crippen molar-refractivity contribution < 1.29 is 9.59 Å². The maximum atomic E-state index is 13.2. The molecule has 136 valence electrons. The Kier molecular flexibility index (Phi) is 4.87. The van der Waals surface area contributed by atoms with E-state index in [1.165, 1.54) is 6.42 Å². The third kappa shape index (κ3) is 3.18. The molecule has 0 bridgehead atoms. The first-order valence-electron chi connectivity index (χ1n) is 9.64. The summed E-state index contributed by atoms with van der Waals surface area (Å²) >= 11 is 0. The number of rotatable bonds is 3. The minimum absolute atomic E-state index is 0.0321. The average molecular weight is 351 g/mol. The monoisotopic (exact) mass is 351 g/mol. The van der Waals surface area contributed by atoms with Crippen LogP contribution in [0.15, 0.2) is 49.1 Å². The van der Waals surface area contributed by atoms with Gasteiger partial charge in [-0.05, 0) is 24.8 Å². The molecule has 2 aliphatic rings. The molecule has 2 heterocycles. The van der Waals surface area contributed by atoms with E-state index in [0.717, 1.165) is 31.2 Å². The van der Waals surface area contributed by atoms with Gasteiger partial charge in [0.15, 0.2) is 0 Å². The van der Waals surface area contributed by atoms with Crippen LogP contribution < -0.4 is 0 Å². The van der Waals surface area contributed by atoms with Crippen molar-refractivity contribution >= 4 is 11.8 Å². The van der Waals surface area contributed by atoms with Gasteiger partial charge in [0.1, 0.15) is 6.33 Å². The van der Waals surface area contributed by atoms with Crippen LogP contribution in [0.4, 0.5) is 0 Å². The van der Waals surface area contributed by atoms with E-state index in [0.29, 0.717) is 12.8 Å². The first-order valence-corrected chi connectivity index (χ1v) is 9.64. The van der Waals surface area contributed by atoms with Gasteiger partial charge in [0, 0.05) is 24.9 Å². The summed E-state index contributed by atoms with van der Waals surface area (Å²) < 4.78 is 1.56. The second-order valence-electron chi connectivity index (χ2n) is 7.40. The van der Waals surface area contributed by atoms with Crippen molar-refractivity contribution in [3.8, 4) is 0 Å². The number of piperidine rings is 1. The number of imidazole rings is 1. The minimum atomic E-state index is -0.230. The van der Waals surface area contributed by atoms with Crippen molar-refractivity contribution in [2.45, 2.75) is 57.0 Å². The van der Waals surface area contributed by atoms with Gasteiger partial charge < -0.3 is 4.90 Å². The lowest BCUT2D eigenvalue weighted by Crippen LogP contribution is -2.51. The lowest BCUT2D eigenvalue weighted by molar-refractivity contribution is -0.142. The molecule has 1 aromatic carbocycles. The molecule has 2 atom stereocenters. The van der Waals surface area contributed by atoms with Crippen molar-refractivity contribution in [3.63, 3.8) is 0 Å². The van der Waals surface area contributed by atoms with Gasteiger partial charge in [-0.2, -0.15) is 0 Å². The molecule has 5 heteroatoms. The van der Waals surface area contributed by atoms with E-state index in [4.69, 9.17) is 0 Å². The number of aromatic nitrogens is 2. The molecule has 26 heavy (non-hydrogen) atoms. The van der Waals surface area contributed by atoms with Crippen molar-refractivity contribution in [2.24, 2.45) is 5.92 Å². The molecule has 0 N–H and O–H groups in total. The molecule has 0 radical (unpaired) electrons. The SMILES string of the molecule is O=C1CC[C@H](C(=O)n2ccnc2)[C@@H](c2ccccc2)N1C1CCCCC1. The molecule has 2 fully saturated rings. The quantitative estimate of drug-likeness (QED) is 0.844. The van der Waals surface area contributed by atoms with E-state index in [9.17, 15) is 9.59 Å². The zero-order valence-electron chi connectivity index (χ0n) is 15.0. The lowest BCUT2D eigenvalue weighted by atomic mass is 9.80. The Morgan fingerprint density at radius 1 is 1.04 bits per heavy atom. The molecule has 1 aliphatic carbocycles. The summed E-state index contributed by atoms with van der Waals surface area (Å²) in [6.45, 7) is 0. The zero-order chi connectivity index (χ0) is 17.9. The molecule has 4 rings (SSSR count). The van der Waals surface area contributed by atoms with Crippen molar-refractivity contribution in [1.82, 2.24) is 14.5 Å². The van der Waals surface area contributed by atoms with Gasteiger partial charge in [0.2, 0.25) is 11.8 Å². The molecule has 0 unspecified atom stereocenters. The fourth-order valence-corrected chi connectivity index (χ4v) is 4.59. The molecule has 0 spiro atoms. The Morgan fingerprint density at radius 2 is 1.81 bits per heavy atom. The number of carbonyl (C=O) groups is 2. The first kappa shape index (κ1) is 17.0. The Bertz CT molecular complexity index is 751. The summed E-state index contributed by atoms with van der Waals surface area (Å²) in [6, 6.07) is 10.1. The summed E-state index contributed by atoms with van der Waals surface area (Å²) in [5.41, 5.74) is 1.06. The van der Waals surface area contributed by atoms with Gasteiger partial charge in [0.05, 0.1) is 12.0 Å². The fraction of sp³-hybridized carbons (Fsp3) is 0.476. The Morgan fingerprint density at radius 3 is 2.50 bits per heavy atom. The standard InChI is InChI=1S/C21H25N3O2/c25-19-12-11-18(21(26)23-14-13-22-15-23)20(16-7-3-1-4-8-16)24(19)17-9-5-2-6-10-17/h1,3-4,7-8,13-15,17-18,20H,2,5-6,9-12H2/t18-,20+/m0/s1. The molecular weight excluding hydrogens is 326 g/mol. The Labute approximate surface area is 154 Å². The third-order valence-corrected chi connectivity index (χ3v) is 5.82. The number of benzene rings is 1. The number of amides is 1. The van der Waals surface area contributed by atoms with E-state index in [1.807, 2.05) is 30.3 Å². The highest BCUT2D eigenvalue weighted by atomic mass is 16.2. The molecule has 2 aromatic rings. The van der Waals surface area contributed by atoms with Crippen LogP contribution in [0, 0.1) is 5.92 Å². The second kappa shape index (κ2) is 7.44. The minimum Gasteiger partial charge on any atom is -0.332 e. The van der Waals surface area contributed by atoms with E-state index >= 15 is 0 Å². The van der Waals surface area contributed by atoms with E-state index in [-0.39, 0.29) is 29.8 Å². The molecule has 5 nitrogen and oxygen atoms in total. The zero-order valence-corrected chi connectivity index (χ0v) is 15.0. The fourth-order valence-electron chi connectivity index (χ4n) is 4.59. The van der Waals surface area contributed by atoms with Crippen LogP contribution in [0.1, 0.15) is 61.3 Å². The summed E-state index contributed by atoms with van der Waals surface area (Å²) in [5, 5.41) is 0. The van der Waals surface area contributed by atoms with Crippen LogP contribution >= 0.6 is 0 Å². The molecule has 1 aromatic heterocycles. The first-order chi connectivity index (χ1) is 12.8. The van der Waals surface area contributed by atoms with Crippen LogP contribution in [-0.2, 0) is 4.79 Å². The summed E-state index contributed by atoms with van der Waals surface area (Å²) in [6.07, 6.45) is 11.6. The largest absolute Gasteiger partial charge is 0.332 e. The smallest absolute Gasteiger partial charge is 0.237 e. The van der Waals surface area contributed by atoms with Crippen LogP contribution in [0.5, 0.6) is 0 Å². The number of nitrogens with zero attached hydrogens (tertiary/aromatic N) is 3. The predicted molar refractivity (Wildman–Crippen MR) is 98.5 cm³/mol. The van der Waals surface area contributed by atoms with Crippen LogP contribution in [-0.4, -0.2) is 32.3 Å². The van der Waals surface area contributed by atoms with Gasteiger partial charge in [-0.15, -0.1) is 0 Å². The number of likely N-dealkylation sites (tertiary alicyclic amines) is 1. The molecule has 1 amide bonds. The van der Waals surface area contributed by atoms with E-state index in [2.05, 4.69) is 9.88 Å². The Balaban J connectivity index is 1.73. The lowest BCUT2D eigenvalue weighted by Gasteiger charge is -2.46. The summed E-state index contributed by atoms with van der Waals surface area (Å²) in [5.74, 6) is -0.00340. The van der Waals surface area contributed by atoms with E-state index < -0.39 is 0 Å². The highest BCUT2D eigenvalue weighted by Gasteiger charge is 2.43. The van der Waals surface area contributed by atoms with Gasteiger partial charge in [-0.25, -0.2) is 4.98 Å². The number of carbonyl (C=O) groups excluding carboxylic acids is 2. The highest BCUT2D eigenvalue weighted by Crippen LogP contribution is 2.41. The highest BCUT2D eigenvalue weighted by molar-refractivity contribution is 5.86. The number of hydrogen-bond donors (Lipinski definition) is 0. The van der Waals surface area contributed by atoms with Gasteiger partial charge >= 0.3 is 0 Å². The van der Waals surface area contributed by atoms with Crippen LogP contribution in [0.3, 0.4) is 0 Å². The van der Waals surface area contributed by atoms with Crippen molar-refractivity contribution in [2.75, 3.05) is 0 Å². The van der Waals surface area contributed by atoms with E-state index in [1.54, 1.807) is 23.3 Å². The van der Waals surface area contributed by atoms with Crippen molar-refractivity contribution in [3.05, 3.63) is 54.6 Å². The maximum absolute atomic E-state index is 13.2. The summed E-state index contributed by atoms with van der Waals surface area (Å²) in [7, 11) is 0. The van der Waals surface area contributed by atoms with Crippen LogP contribution in [0.25, 0.3) is 0 Å². The predicted octanol–water partition coefficient (Wildman–Crippen LogP) is 3.84. The molecular formula is C21H25N3O2. The molecule has 1 saturated carbocycles. The van der Waals surface area contributed by atoms with Crippen LogP contribution in [0.2, 0.25) is 0 Å². The van der Waals surface area contributed by atoms with Gasteiger partial charge in [-0.1, -0.05) is 49.6 Å². The summed E-state index contributed by atoms with van der Waals surface area (Å²) in [4.78, 5) is 32.2. The average Bonchev–Trinajstić information content (AvgIpc) is 3.23. The Hall–Kier alpha value is -2.43. The van der Waals surface area contributed by atoms with Crippen molar-refractivity contribution in [1.29, 1.82) is 0 Å². The number of hydrogen-bond acceptors (Lipinski definition) is 3. The second-order valence-corrected chi connectivity index (χ2v) is 7.40. The van der Waals surface area contributed by atoms with Gasteiger partial charge in [0.25, 0.3) is 0 Å². The molecule has 1 aliphatic heterocycles.